The third-order valence-corrected chi connectivity index (χ3v) is 7.28. The maximum atomic E-state index is 13.6. The molecule has 2 aliphatic rings. The molecule has 3 aromatic rings. The minimum atomic E-state index is -0.293. The monoisotopic (exact) mass is 396 g/mol. The highest BCUT2D eigenvalue weighted by atomic mass is 32.1. The molecule has 8 heteroatoms. The number of aryl methyl sites for hydroxylation is 1. The van der Waals surface area contributed by atoms with Crippen molar-refractivity contribution in [1.82, 2.24) is 24.5 Å². The van der Waals surface area contributed by atoms with Crippen LogP contribution in [-0.4, -0.2) is 56.6 Å². The van der Waals surface area contributed by atoms with Crippen molar-refractivity contribution < 1.29 is 4.79 Å². The van der Waals surface area contributed by atoms with E-state index in [9.17, 15) is 4.79 Å². The number of piperazine rings is 1. The number of hydrogen-bond donors (Lipinski definition) is 0. The molecular weight excluding hydrogens is 372 g/mol. The Balaban J connectivity index is 1.35. The first kappa shape index (κ1) is 17.6. The molecule has 0 radical (unpaired) electrons. The first-order valence-electron chi connectivity index (χ1n) is 9.94. The quantitative estimate of drug-likeness (QED) is 0.681. The van der Waals surface area contributed by atoms with E-state index in [1.54, 1.807) is 17.5 Å². The van der Waals surface area contributed by atoms with Gasteiger partial charge in [-0.05, 0) is 31.2 Å². The molecule has 5 rings (SSSR count). The Hall–Kier alpha value is -2.48. The SMILES string of the molecule is Cc1nnc2c(N3CCN(C(=O)C4(c5cccs5)CCCC4)CC3)nccn12. The molecule has 1 saturated heterocycles. The van der Waals surface area contributed by atoms with E-state index in [4.69, 9.17) is 0 Å². The van der Waals surface area contributed by atoms with Crippen LogP contribution in [0.25, 0.3) is 5.65 Å². The van der Waals surface area contributed by atoms with Crippen molar-refractivity contribution in [3.63, 3.8) is 0 Å². The fraction of sp³-hybridized carbons (Fsp3) is 0.500. The number of hydrogen-bond acceptors (Lipinski definition) is 6. The van der Waals surface area contributed by atoms with Crippen LogP contribution in [0.5, 0.6) is 0 Å². The average Bonchev–Trinajstić information content (AvgIpc) is 3.49. The van der Waals surface area contributed by atoms with Crippen LogP contribution in [0.2, 0.25) is 0 Å². The summed E-state index contributed by atoms with van der Waals surface area (Å²) in [6, 6.07) is 4.21. The second kappa shape index (κ2) is 6.84. The minimum absolute atomic E-state index is 0.293. The topological polar surface area (TPSA) is 66.6 Å². The van der Waals surface area contributed by atoms with Crippen molar-refractivity contribution in [2.24, 2.45) is 0 Å². The molecule has 0 unspecified atom stereocenters. The van der Waals surface area contributed by atoms with Crippen molar-refractivity contribution in [3.05, 3.63) is 40.6 Å². The van der Waals surface area contributed by atoms with Gasteiger partial charge in [0, 0.05) is 43.4 Å². The van der Waals surface area contributed by atoms with E-state index in [2.05, 4.69) is 42.5 Å². The summed E-state index contributed by atoms with van der Waals surface area (Å²) in [7, 11) is 0. The van der Waals surface area contributed by atoms with E-state index in [0.717, 1.165) is 69.2 Å². The second-order valence-corrected chi connectivity index (χ2v) is 8.69. The van der Waals surface area contributed by atoms with Gasteiger partial charge < -0.3 is 9.80 Å². The molecule has 0 aromatic carbocycles. The second-order valence-electron chi connectivity index (χ2n) is 7.74. The lowest BCUT2D eigenvalue weighted by Gasteiger charge is -2.39. The smallest absolute Gasteiger partial charge is 0.234 e. The predicted octanol–water partition coefficient (Wildman–Crippen LogP) is 2.65. The van der Waals surface area contributed by atoms with Gasteiger partial charge in [-0.2, -0.15) is 0 Å². The highest BCUT2D eigenvalue weighted by Crippen LogP contribution is 2.44. The lowest BCUT2D eigenvalue weighted by Crippen LogP contribution is -2.54. The number of amides is 1. The number of fused-ring (bicyclic) bond motifs is 1. The highest BCUT2D eigenvalue weighted by Gasteiger charge is 2.46. The predicted molar refractivity (Wildman–Crippen MR) is 109 cm³/mol. The molecule has 1 aliphatic carbocycles. The van der Waals surface area contributed by atoms with Crippen molar-refractivity contribution >= 4 is 28.7 Å². The van der Waals surface area contributed by atoms with Crippen molar-refractivity contribution in [2.45, 2.75) is 38.0 Å². The number of rotatable bonds is 3. The number of nitrogens with zero attached hydrogens (tertiary/aromatic N) is 6. The van der Waals surface area contributed by atoms with Crippen LogP contribution >= 0.6 is 11.3 Å². The molecule has 0 spiro atoms. The van der Waals surface area contributed by atoms with Crippen LogP contribution in [0.4, 0.5) is 5.82 Å². The molecule has 0 bridgehead atoms. The number of aromatic nitrogens is 4. The standard InChI is InChI=1S/C20H24N6OS/c1-15-22-23-18-17(21-8-9-26(15)18)24-10-12-25(13-11-24)19(27)20(6-2-3-7-20)16-5-4-14-28-16/h4-5,8-9,14H,2-3,6-7,10-13H2,1H3. The van der Waals surface area contributed by atoms with E-state index in [1.165, 1.54) is 4.88 Å². The minimum Gasteiger partial charge on any atom is -0.350 e. The van der Waals surface area contributed by atoms with Crippen LogP contribution in [0.1, 0.15) is 36.4 Å². The van der Waals surface area contributed by atoms with E-state index in [-0.39, 0.29) is 5.41 Å². The third kappa shape index (κ3) is 2.70. The zero-order valence-electron chi connectivity index (χ0n) is 16.0. The van der Waals surface area contributed by atoms with Crippen LogP contribution in [0, 0.1) is 6.92 Å². The van der Waals surface area contributed by atoms with Gasteiger partial charge in [0.2, 0.25) is 11.6 Å². The van der Waals surface area contributed by atoms with Gasteiger partial charge in [0.25, 0.3) is 0 Å². The Bertz CT molecular complexity index is 983. The van der Waals surface area contributed by atoms with Crippen LogP contribution < -0.4 is 4.90 Å². The summed E-state index contributed by atoms with van der Waals surface area (Å²) in [5.74, 6) is 2.02. The van der Waals surface area contributed by atoms with Gasteiger partial charge in [-0.1, -0.05) is 18.9 Å². The highest BCUT2D eigenvalue weighted by molar-refractivity contribution is 7.10. The molecule has 1 aliphatic heterocycles. The number of carbonyl (C=O) groups excluding carboxylic acids is 1. The van der Waals surface area contributed by atoms with Crippen molar-refractivity contribution in [3.8, 4) is 0 Å². The molecule has 0 N–H and O–H groups in total. The van der Waals surface area contributed by atoms with Gasteiger partial charge in [0.15, 0.2) is 5.82 Å². The molecule has 1 amide bonds. The van der Waals surface area contributed by atoms with Gasteiger partial charge >= 0.3 is 0 Å². The van der Waals surface area contributed by atoms with Crippen LogP contribution in [0.3, 0.4) is 0 Å². The summed E-state index contributed by atoms with van der Waals surface area (Å²) >= 11 is 1.73. The fourth-order valence-corrected chi connectivity index (χ4v) is 5.65. The summed E-state index contributed by atoms with van der Waals surface area (Å²) in [5.41, 5.74) is 0.490. The molecular formula is C20H24N6OS. The number of anilines is 1. The molecule has 3 aromatic heterocycles. The van der Waals surface area contributed by atoms with Crippen molar-refractivity contribution in [1.29, 1.82) is 0 Å². The summed E-state index contributed by atoms with van der Waals surface area (Å²) in [6.07, 6.45) is 7.92. The first-order chi connectivity index (χ1) is 13.7. The average molecular weight is 397 g/mol. The van der Waals surface area contributed by atoms with Gasteiger partial charge in [-0.25, -0.2) is 4.98 Å². The maximum Gasteiger partial charge on any atom is 0.234 e. The molecule has 28 heavy (non-hydrogen) atoms. The molecule has 0 atom stereocenters. The lowest BCUT2D eigenvalue weighted by molar-refractivity contribution is -0.137. The first-order valence-corrected chi connectivity index (χ1v) is 10.8. The zero-order valence-corrected chi connectivity index (χ0v) is 16.9. The molecule has 4 heterocycles. The maximum absolute atomic E-state index is 13.6. The molecule has 1 saturated carbocycles. The Labute approximate surface area is 168 Å². The van der Waals surface area contributed by atoms with Gasteiger partial charge in [-0.3, -0.25) is 9.20 Å². The largest absolute Gasteiger partial charge is 0.350 e. The third-order valence-electron chi connectivity index (χ3n) is 6.20. The number of thiophene rings is 1. The Kier molecular flexibility index (Phi) is 4.30. The van der Waals surface area contributed by atoms with E-state index < -0.39 is 0 Å². The van der Waals surface area contributed by atoms with E-state index >= 15 is 0 Å². The van der Waals surface area contributed by atoms with Crippen LogP contribution in [-0.2, 0) is 10.2 Å². The lowest BCUT2D eigenvalue weighted by atomic mass is 9.82. The molecule has 2 fully saturated rings. The van der Waals surface area contributed by atoms with Gasteiger partial charge in [0.1, 0.15) is 5.82 Å². The number of carbonyl (C=O) groups is 1. The summed E-state index contributed by atoms with van der Waals surface area (Å²) < 4.78 is 1.96. The Morgan fingerprint density at radius 2 is 1.93 bits per heavy atom. The van der Waals surface area contributed by atoms with E-state index in [0.29, 0.717) is 5.91 Å². The summed E-state index contributed by atoms with van der Waals surface area (Å²) in [4.78, 5) is 23.6. The Morgan fingerprint density at radius 3 is 2.64 bits per heavy atom. The molecule has 7 nitrogen and oxygen atoms in total. The van der Waals surface area contributed by atoms with Gasteiger partial charge in [-0.15, -0.1) is 21.5 Å². The normalized spacial score (nSPS) is 19.5. The summed E-state index contributed by atoms with van der Waals surface area (Å²) in [6.45, 7) is 4.92. The summed E-state index contributed by atoms with van der Waals surface area (Å²) in [5, 5.41) is 10.5. The van der Waals surface area contributed by atoms with Crippen molar-refractivity contribution in [2.75, 3.05) is 31.1 Å². The van der Waals surface area contributed by atoms with Crippen LogP contribution in [0.15, 0.2) is 29.9 Å². The van der Waals surface area contributed by atoms with Gasteiger partial charge in [0.05, 0.1) is 5.41 Å². The van der Waals surface area contributed by atoms with E-state index in [1.807, 2.05) is 17.5 Å². The Morgan fingerprint density at radius 1 is 1.14 bits per heavy atom. The zero-order chi connectivity index (χ0) is 19.1. The fourth-order valence-electron chi connectivity index (χ4n) is 4.67. The molecule has 146 valence electrons.